The smallest absolute Gasteiger partial charge is 0.257 e. The molecule has 246 valence electrons. The van der Waals surface area contributed by atoms with Gasteiger partial charge in [-0.3, -0.25) is 9.69 Å². The molecule has 1 aromatic carbocycles. The second-order valence-corrected chi connectivity index (χ2v) is 15.1. The zero-order valence-corrected chi connectivity index (χ0v) is 28.6. The summed E-state index contributed by atoms with van der Waals surface area (Å²) >= 11 is 6.08. The first-order valence-corrected chi connectivity index (χ1v) is 17.8. The molecule has 1 unspecified atom stereocenters. The van der Waals surface area contributed by atoms with Crippen molar-refractivity contribution in [3.05, 3.63) is 52.6 Å². The fraction of sp³-hybridized carbons (Fsp3) is 0.625. The van der Waals surface area contributed by atoms with Crippen LogP contribution in [0.4, 0.5) is 0 Å². The van der Waals surface area contributed by atoms with Gasteiger partial charge in [-0.1, -0.05) is 22.8 Å². The Labute approximate surface area is 272 Å². The number of aryl methyl sites for hydroxylation is 2. The van der Waals surface area contributed by atoms with E-state index in [2.05, 4.69) is 38.8 Å². The number of amidine groups is 1. The lowest BCUT2D eigenvalue weighted by atomic mass is 9.86. The van der Waals surface area contributed by atoms with Gasteiger partial charge in [0.2, 0.25) is 10.0 Å². The number of nitrogens with zero attached hydrogens (tertiary/aromatic N) is 7. The van der Waals surface area contributed by atoms with Gasteiger partial charge < -0.3 is 14.6 Å². The molecule has 0 aliphatic carbocycles. The molecule has 1 amide bonds. The van der Waals surface area contributed by atoms with Crippen LogP contribution in [0.25, 0.3) is 0 Å². The quantitative estimate of drug-likeness (QED) is 0.247. The van der Waals surface area contributed by atoms with E-state index in [0.717, 1.165) is 49.7 Å². The number of aromatic nitrogens is 2. The summed E-state index contributed by atoms with van der Waals surface area (Å²) < 4.78 is 28.1. The number of carbonyl (C=O) groups is 1. The fourth-order valence-corrected chi connectivity index (χ4v) is 8.75. The van der Waals surface area contributed by atoms with Gasteiger partial charge in [-0.25, -0.2) is 18.4 Å². The molecule has 11 nitrogen and oxygen atoms in total. The van der Waals surface area contributed by atoms with E-state index in [9.17, 15) is 13.2 Å². The molecule has 5 rings (SSSR count). The number of sulfonamides is 1. The van der Waals surface area contributed by atoms with E-state index in [0.29, 0.717) is 56.2 Å². The molecule has 3 aliphatic heterocycles. The number of piperidine rings is 2. The second kappa shape index (κ2) is 13.9. The van der Waals surface area contributed by atoms with Gasteiger partial charge in [-0.05, 0) is 78.5 Å². The summed E-state index contributed by atoms with van der Waals surface area (Å²) in [6.07, 6.45) is 4.65. The van der Waals surface area contributed by atoms with Crippen molar-refractivity contribution >= 4 is 33.4 Å². The Morgan fingerprint density at radius 2 is 1.73 bits per heavy atom. The topological polar surface area (TPSA) is 112 Å². The molecular weight excluding hydrogens is 614 g/mol. The summed E-state index contributed by atoms with van der Waals surface area (Å²) in [7, 11) is -3.62. The minimum absolute atomic E-state index is 0.00827. The average molecular weight is 660 g/mol. The summed E-state index contributed by atoms with van der Waals surface area (Å²) in [5.74, 6) is 1.05. The predicted molar refractivity (Wildman–Crippen MR) is 175 cm³/mol. The van der Waals surface area contributed by atoms with E-state index >= 15 is 0 Å². The fourth-order valence-electron chi connectivity index (χ4n) is 6.98. The van der Waals surface area contributed by atoms with Crippen molar-refractivity contribution in [2.75, 3.05) is 52.4 Å². The van der Waals surface area contributed by atoms with Crippen molar-refractivity contribution in [1.82, 2.24) is 29.0 Å². The first kappa shape index (κ1) is 33.6. The number of hydrogen-bond acceptors (Lipinski definition) is 8. The second-order valence-electron chi connectivity index (χ2n) is 12.7. The van der Waals surface area contributed by atoms with Crippen molar-refractivity contribution in [2.24, 2.45) is 11.1 Å². The maximum atomic E-state index is 13.4. The van der Waals surface area contributed by atoms with Gasteiger partial charge in [0.15, 0.2) is 0 Å². The minimum Gasteiger partial charge on any atom is -0.395 e. The van der Waals surface area contributed by atoms with E-state index in [1.165, 1.54) is 12.4 Å². The van der Waals surface area contributed by atoms with E-state index in [4.69, 9.17) is 16.4 Å². The molecular formula is C32H46ClN7O4S. The summed E-state index contributed by atoms with van der Waals surface area (Å²) in [5, 5.41) is 5.02. The van der Waals surface area contributed by atoms with Crippen LogP contribution in [-0.2, 0) is 14.9 Å². The van der Waals surface area contributed by atoms with Crippen LogP contribution in [0.1, 0.15) is 68.2 Å². The molecule has 45 heavy (non-hydrogen) atoms. The van der Waals surface area contributed by atoms with Gasteiger partial charge in [0.05, 0.1) is 21.8 Å². The predicted octanol–water partition coefficient (Wildman–Crippen LogP) is 4.20. The van der Waals surface area contributed by atoms with Gasteiger partial charge >= 0.3 is 0 Å². The molecule has 0 N–H and O–H groups in total. The van der Waals surface area contributed by atoms with Gasteiger partial charge in [0.25, 0.3) is 5.91 Å². The van der Waals surface area contributed by atoms with E-state index in [1.807, 2.05) is 25.7 Å². The van der Waals surface area contributed by atoms with Crippen molar-refractivity contribution in [3.8, 4) is 0 Å². The van der Waals surface area contributed by atoms with Crippen LogP contribution < -0.4 is 0 Å². The maximum Gasteiger partial charge on any atom is 0.257 e. The van der Waals surface area contributed by atoms with Crippen molar-refractivity contribution < 1.29 is 18.0 Å². The molecule has 2 aromatic rings. The Bertz CT molecular complexity index is 1480. The highest BCUT2D eigenvalue weighted by atomic mass is 35.5. The minimum atomic E-state index is -3.62. The number of amides is 1. The average Bonchev–Trinajstić information content (AvgIpc) is 3.02. The molecule has 3 aliphatic rings. The highest BCUT2D eigenvalue weighted by Gasteiger charge is 2.42. The lowest BCUT2D eigenvalue weighted by molar-refractivity contribution is -0.00345. The van der Waals surface area contributed by atoms with Crippen molar-refractivity contribution in [1.29, 1.82) is 0 Å². The van der Waals surface area contributed by atoms with Crippen LogP contribution in [-0.4, -0.2) is 113 Å². The van der Waals surface area contributed by atoms with Crippen LogP contribution in [0.5, 0.6) is 0 Å². The highest BCUT2D eigenvalue weighted by Crippen LogP contribution is 2.33. The zero-order chi connectivity index (χ0) is 32.4. The van der Waals surface area contributed by atoms with Crippen LogP contribution in [0.2, 0.25) is 5.02 Å². The van der Waals surface area contributed by atoms with Gasteiger partial charge in [-0.15, -0.1) is 0 Å². The number of benzene rings is 1. The third-order valence-corrected chi connectivity index (χ3v) is 11.9. The van der Waals surface area contributed by atoms with Crippen molar-refractivity contribution in [2.45, 2.75) is 76.8 Å². The third-order valence-electron chi connectivity index (χ3n) is 9.79. The lowest BCUT2D eigenvalue weighted by Gasteiger charge is -2.52. The molecule has 0 saturated carbocycles. The highest BCUT2D eigenvalue weighted by molar-refractivity contribution is 7.89. The maximum absolute atomic E-state index is 13.4. The number of oxime groups is 1. The molecule has 3 fully saturated rings. The molecule has 0 bridgehead atoms. The number of carbonyl (C=O) groups excluding carboxylic acids is 1. The standard InChI is InChI=1S/C32H46ClN7O4S/c1-6-44-36-30(26-10-14-39(15-11-26)45(42,43)28-9-7-8-27(33)20-28)40-19-18-38(21-23(40)2)32(5)12-16-37(17-13-32)31(41)29-24(3)34-22-35-25(29)4/h7-9,20,22-23,26H,6,10-19,21H2,1-5H3/b36-30+. The molecule has 0 radical (unpaired) electrons. The Balaban J connectivity index is 1.20. The lowest BCUT2D eigenvalue weighted by Crippen LogP contribution is -2.63. The monoisotopic (exact) mass is 659 g/mol. The zero-order valence-electron chi connectivity index (χ0n) is 27.1. The van der Waals surface area contributed by atoms with Crippen molar-refractivity contribution in [3.63, 3.8) is 0 Å². The van der Waals surface area contributed by atoms with E-state index < -0.39 is 10.0 Å². The van der Waals surface area contributed by atoms with Crippen LogP contribution in [0, 0.1) is 19.8 Å². The molecule has 4 heterocycles. The van der Waals surface area contributed by atoms with Gasteiger partial charge in [-0.2, -0.15) is 4.31 Å². The van der Waals surface area contributed by atoms with Gasteiger partial charge in [0.1, 0.15) is 18.8 Å². The summed E-state index contributed by atoms with van der Waals surface area (Å²) in [6.45, 7) is 15.5. The first-order chi connectivity index (χ1) is 21.4. The van der Waals surface area contributed by atoms with Gasteiger partial charge in [0, 0.05) is 68.3 Å². The van der Waals surface area contributed by atoms with E-state index in [-0.39, 0.29) is 28.3 Å². The Morgan fingerprint density at radius 1 is 1.07 bits per heavy atom. The molecule has 1 atom stereocenters. The number of likely N-dealkylation sites (tertiary alicyclic amines) is 1. The number of piperazine rings is 1. The number of halogens is 1. The Kier molecular flexibility index (Phi) is 10.4. The van der Waals surface area contributed by atoms with Crippen LogP contribution in [0.15, 0.2) is 40.6 Å². The molecule has 0 spiro atoms. The normalized spacial score (nSPS) is 22.4. The first-order valence-electron chi connectivity index (χ1n) is 16.0. The third kappa shape index (κ3) is 7.13. The summed E-state index contributed by atoms with van der Waals surface area (Å²) in [6, 6.07) is 6.65. The molecule has 13 heteroatoms. The van der Waals surface area contributed by atoms with Crippen LogP contribution in [0.3, 0.4) is 0 Å². The number of hydrogen-bond donors (Lipinski definition) is 0. The van der Waals surface area contributed by atoms with E-state index in [1.54, 1.807) is 22.5 Å². The largest absolute Gasteiger partial charge is 0.395 e. The summed E-state index contributed by atoms with van der Waals surface area (Å²) in [5.41, 5.74) is 2.07. The molecule has 1 aromatic heterocycles. The Morgan fingerprint density at radius 3 is 2.33 bits per heavy atom. The van der Waals surface area contributed by atoms with Crippen LogP contribution >= 0.6 is 11.6 Å². The summed E-state index contributed by atoms with van der Waals surface area (Å²) in [4.78, 5) is 34.6. The SMILES string of the molecule is CCO/N=C(\C1CCN(S(=O)(=O)c2cccc(Cl)c2)CC1)N1CCN(C2(C)CCN(C(=O)c3c(C)ncnc3C)CC2)CC1C. The molecule has 3 saturated heterocycles. The Hall–Kier alpha value is -2.80. The number of rotatable bonds is 7.